The lowest BCUT2D eigenvalue weighted by Gasteiger charge is -2.44. The van der Waals surface area contributed by atoms with Crippen LogP contribution in [0.5, 0.6) is 11.5 Å². The van der Waals surface area contributed by atoms with Crippen molar-refractivity contribution in [1.82, 2.24) is 20.0 Å². The Labute approximate surface area is 355 Å². The highest BCUT2D eigenvalue weighted by molar-refractivity contribution is 6.23. The highest BCUT2D eigenvalue weighted by Crippen LogP contribution is 2.40. The molecule has 4 saturated heterocycles. The number of ether oxygens (including phenoxy) is 1. The molecule has 9 rings (SSSR count). The van der Waals surface area contributed by atoms with Gasteiger partial charge in [0.15, 0.2) is 0 Å². The van der Waals surface area contributed by atoms with Crippen LogP contribution in [-0.2, 0) is 9.59 Å². The standard InChI is InChI=1S/C49H52FN5O6/c1-2-39(32-6-4-3-5-7-32)46(33-8-14-37(56)15-9-33)34-10-16-38(17-11-34)61-25-24-52-22-20-31(21-23-52)28-53-29-35-12-13-36(30-53)54(35)44-27-41-40(26-42(44)50)48(59)55(49(41)60)43-18-19-45(57)51-47(43)58/h3-11,14-17,26-27,31,35-36,43,56H,2,12-13,18-25,28-30H2,1H3,(H,51,57,58). The first kappa shape index (κ1) is 40.6. The molecule has 4 aromatic carbocycles. The molecule has 12 heteroatoms. The highest BCUT2D eigenvalue weighted by atomic mass is 19.1. The number of hydrogen-bond donors (Lipinski definition) is 2. The van der Waals surface area contributed by atoms with Gasteiger partial charge in [0.1, 0.15) is 30.0 Å². The van der Waals surface area contributed by atoms with E-state index in [1.807, 2.05) is 30.3 Å². The van der Waals surface area contributed by atoms with E-state index >= 15 is 4.39 Å². The number of benzene rings is 4. The molecule has 5 aliphatic rings. The molecule has 5 heterocycles. The predicted molar refractivity (Wildman–Crippen MR) is 231 cm³/mol. The summed E-state index contributed by atoms with van der Waals surface area (Å²) in [5.74, 6) is -1.31. The Morgan fingerprint density at radius 3 is 2.05 bits per heavy atom. The maximum atomic E-state index is 15.8. The molecule has 4 aromatic rings. The van der Waals surface area contributed by atoms with Crippen molar-refractivity contribution in [1.29, 1.82) is 0 Å². The number of likely N-dealkylation sites (tertiary alicyclic amines) is 2. The lowest BCUT2D eigenvalue weighted by atomic mass is 9.88. The molecule has 0 radical (unpaired) electrons. The minimum absolute atomic E-state index is 0.0296. The van der Waals surface area contributed by atoms with Crippen LogP contribution < -0.4 is 15.0 Å². The quantitative estimate of drug-likeness (QED) is 0.118. The second-order valence-corrected chi connectivity index (χ2v) is 17.1. The summed E-state index contributed by atoms with van der Waals surface area (Å²) in [6.45, 7) is 8.30. The van der Waals surface area contributed by atoms with Gasteiger partial charge in [0, 0.05) is 44.7 Å². The fourth-order valence-electron chi connectivity index (χ4n) is 10.3. The third-order valence-corrected chi connectivity index (χ3v) is 13.3. The molecule has 0 spiro atoms. The van der Waals surface area contributed by atoms with Gasteiger partial charge in [-0.25, -0.2) is 4.39 Å². The van der Waals surface area contributed by atoms with Crippen LogP contribution in [-0.4, -0.2) is 107 Å². The van der Waals surface area contributed by atoms with Gasteiger partial charge in [-0.2, -0.15) is 0 Å². The zero-order valence-electron chi connectivity index (χ0n) is 34.5. The van der Waals surface area contributed by atoms with E-state index in [9.17, 15) is 24.3 Å². The summed E-state index contributed by atoms with van der Waals surface area (Å²) >= 11 is 0. The minimum Gasteiger partial charge on any atom is -0.508 e. The first-order valence-corrected chi connectivity index (χ1v) is 21.7. The van der Waals surface area contributed by atoms with Crippen molar-refractivity contribution >= 4 is 40.5 Å². The summed E-state index contributed by atoms with van der Waals surface area (Å²) in [7, 11) is 0. The predicted octanol–water partition coefficient (Wildman–Crippen LogP) is 6.75. The Hall–Kier alpha value is -5.85. The van der Waals surface area contributed by atoms with Gasteiger partial charge >= 0.3 is 0 Å². The van der Waals surface area contributed by atoms with Crippen LogP contribution in [0, 0.1) is 11.7 Å². The van der Waals surface area contributed by atoms with Crippen LogP contribution in [0.2, 0.25) is 0 Å². The fourth-order valence-corrected chi connectivity index (χ4v) is 10.3. The maximum Gasteiger partial charge on any atom is 0.262 e. The normalized spacial score (nSPS) is 22.7. The van der Waals surface area contributed by atoms with Gasteiger partial charge < -0.3 is 14.7 Å². The van der Waals surface area contributed by atoms with E-state index in [4.69, 9.17) is 4.74 Å². The third-order valence-electron chi connectivity index (χ3n) is 13.3. The number of rotatable bonds is 12. The molecule has 2 bridgehead atoms. The van der Waals surface area contributed by atoms with Crippen LogP contribution in [0.25, 0.3) is 11.1 Å². The number of piperazine rings is 1. The molecule has 11 nitrogen and oxygen atoms in total. The molecule has 4 fully saturated rings. The number of carbonyl (C=O) groups is 4. The number of carbonyl (C=O) groups excluding carboxylic acids is 4. The number of aromatic hydroxyl groups is 1. The third kappa shape index (κ3) is 8.18. The SMILES string of the molecule is CCC(=C(c1ccc(O)cc1)c1ccc(OCCN2CCC(CN3CC4CCC(C3)N4c3cc4c(cc3F)C(=O)N(C3CCC(=O)NC3=O)C4=O)CC2)cc1)c1ccccc1. The number of imide groups is 2. The van der Waals surface area contributed by atoms with Gasteiger partial charge in [-0.3, -0.25) is 39.2 Å². The molecule has 4 amide bonds. The molecule has 0 aromatic heterocycles. The van der Waals surface area contributed by atoms with E-state index in [0.717, 1.165) is 105 Å². The molecule has 5 aliphatic heterocycles. The van der Waals surface area contributed by atoms with E-state index in [2.05, 4.69) is 63.3 Å². The summed E-state index contributed by atoms with van der Waals surface area (Å²) in [5.41, 5.74) is 6.13. The van der Waals surface area contributed by atoms with Crippen molar-refractivity contribution in [3.8, 4) is 11.5 Å². The first-order valence-electron chi connectivity index (χ1n) is 21.7. The monoisotopic (exact) mass is 825 g/mol. The van der Waals surface area contributed by atoms with E-state index in [-0.39, 0.29) is 41.8 Å². The Balaban J connectivity index is 0.765. The van der Waals surface area contributed by atoms with Gasteiger partial charge in [0.05, 0.1) is 16.8 Å². The summed E-state index contributed by atoms with van der Waals surface area (Å²) in [6.07, 6.45) is 5.02. The van der Waals surface area contributed by atoms with Crippen molar-refractivity contribution in [2.75, 3.05) is 50.8 Å². The number of nitrogens with one attached hydrogen (secondary N) is 1. The van der Waals surface area contributed by atoms with E-state index in [1.165, 1.54) is 17.2 Å². The Morgan fingerprint density at radius 2 is 1.41 bits per heavy atom. The molecule has 61 heavy (non-hydrogen) atoms. The van der Waals surface area contributed by atoms with Crippen LogP contribution in [0.3, 0.4) is 0 Å². The van der Waals surface area contributed by atoms with Gasteiger partial charge in [-0.05, 0) is 122 Å². The average molecular weight is 826 g/mol. The maximum absolute atomic E-state index is 15.8. The van der Waals surface area contributed by atoms with Crippen molar-refractivity contribution in [3.63, 3.8) is 0 Å². The lowest BCUT2D eigenvalue weighted by Crippen LogP contribution is -2.55. The number of fused-ring (bicyclic) bond motifs is 3. The number of phenols is 1. The average Bonchev–Trinajstić information content (AvgIpc) is 3.66. The second-order valence-electron chi connectivity index (χ2n) is 17.1. The number of piperidine rings is 2. The highest BCUT2D eigenvalue weighted by Gasteiger charge is 2.47. The summed E-state index contributed by atoms with van der Waals surface area (Å²) in [5, 5.41) is 12.2. The molecule has 3 atom stereocenters. The summed E-state index contributed by atoms with van der Waals surface area (Å²) in [6, 6.07) is 28.0. The van der Waals surface area contributed by atoms with Crippen LogP contribution in [0.4, 0.5) is 10.1 Å². The van der Waals surface area contributed by atoms with Gasteiger partial charge in [-0.15, -0.1) is 0 Å². The number of hydrogen-bond acceptors (Lipinski definition) is 9. The smallest absolute Gasteiger partial charge is 0.262 e. The van der Waals surface area contributed by atoms with Crippen LogP contribution in [0.1, 0.15) is 89.3 Å². The number of allylic oxidation sites excluding steroid dienone is 1. The van der Waals surface area contributed by atoms with Gasteiger partial charge in [-0.1, -0.05) is 61.5 Å². The fraction of sp³-hybridized carbons (Fsp3) is 0.388. The molecule has 0 aliphatic carbocycles. The zero-order valence-corrected chi connectivity index (χ0v) is 34.5. The van der Waals surface area contributed by atoms with Gasteiger partial charge in [0.25, 0.3) is 11.8 Å². The molecule has 316 valence electrons. The van der Waals surface area contributed by atoms with Crippen molar-refractivity contribution < 1.29 is 33.4 Å². The minimum atomic E-state index is -1.09. The van der Waals surface area contributed by atoms with Crippen molar-refractivity contribution in [3.05, 3.63) is 125 Å². The number of anilines is 1. The summed E-state index contributed by atoms with van der Waals surface area (Å²) < 4.78 is 22.1. The Kier molecular flexibility index (Phi) is 11.5. The van der Waals surface area contributed by atoms with E-state index < -0.39 is 35.5 Å². The summed E-state index contributed by atoms with van der Waals surface area (Å²) in [4.78, 5) is 59.0. The number of halogens is 1. The number of phenolic OH excluding ortho intramolecular Hbond substituents is 1. The zero-order chi connectivity index (χ0) is 42.2. The van der Waals surface area contributed by atoms with Gasteiger partial charge in [0.2, 0.25) is 11.8 Å². The molecular weight excluding hydrogens is 774 g/mol. The largest absolute Gasteiger partial charge is 0.508 e. The second kappa shape index (κ2) is 17.3. The lowest BCUT2D eigenvalue weighted by molar-refractivity contribution is -0.136. The van der Waals surface area contributed by atoms with Crippen LogP contribution in [0.15, 0.2) is 91.0 Å². The number of nitrogens with zero attached hydrogens (tertiary/aromatic N) is 4. The van der Waals surface area contributed by atoms with Crippen LogP contribution >= 0.6 is 0 Å². The number of amides is 4. The van der Waals surface area contributed by atoms with E-state index in [0.29, 0.717) is 18.2 Å². The molecule has 0 saturated carbocycles. The van der Waals surface area contributed by atoms with Crippen molar-refractivity contribution in [2.45, 2.75) is 70.0 Å². The molecule has 2 N–H and O–H groups in total. The topological polar surface area (TPSA) is 123 Å². The molecule has 3 unspecified atom stereocenters. The Bertz CT molecular complexity index is 2330. The van der Waals surface area contributed by atoms with Crippen molar-refractivity contribution in [2.24, 2.45) is 5.92 Å². The van der Waals surface area contributed by atoms with E-state index in [1.54, 1.807) is 12.1 Å². The first-order chi connectivity index (χ1) is 29.6. The Morgan fingerprint density at radius 1 is 0.770 bits per heavy atom. The molecular formula is C49H52FN5O6.